The molecule has 2 aromatic rings. The van der Waals surface area contributed by atoms with Gasteiger partial charge in [0.25, 0.3) is 0 Å². The molecule has 0 saturated carbocycles. The zero-order valence-electron chi connectivity index (χ0n) is 12.5. The van der Waals surface area contributed by atoms with Gasteiger partial charge in [0.05, 0.1) is 25.0 Å². The molecule has 1 heterocycles. The fourth-order valence-electron chi connectivity index (χ4n) is 2.31. The van der Waals surface area contributed by atoms with Gasteiger partial charge in [-0.05, 0) is 37.3 Å². The van der Waals surface area contributed by atoms with Crippen molar-refractivity contribution < 1.29 is 19.0 Å². The van der Waals surface area contributed by atoms with Crippen LogP contribution in [0.5, 0.6) is 17.2 Å². The lowest BCUT2D eigenvalue weighted by Gasteiger charge is -2.10. The molecule has 22 heavy (non-hydrogen) atoms. The number of fused-ring (bicyclic) bond motifs is 2. The number of rotatable bonds is 3. The van der Waals surface area contributed by atoms with Crippen molar-refractivity contribution in [2.45, 2.75) is 13.5 Å². The first-order valence-corrected chi connectivity index (χ1v) is 7.11. The Bertz CT molecular complexity index is 712. The lowest BCUT2D eigenvalue weighted by Crippen LogP contribution is -2.05. The Labute approximate surface area is 128 Å². The first kappa shape index (κ1) is 14.3. The maximum absolute atomic E-state index is 11.8. The Kier molecular flexibility index (Phi) is 3.87. The Morgan fingerprint density at radius 1 is 1.23 bits per heavy atom. The molecule has 0 atom stereocenters. The van der Waals surface area contributed by atoms with Gasteiger partial charge in [-0.25, -0.2) is 4.79 Å². The van der Waals surface area contributed by atoms with Crippen molar-refractivity contribution in [2.24, 2.45) is 0 Å². The van der Waals surface area contributed by atoms with Crippen LogP contribution in [0.4, 0.5) is 5.69 Å². The van der Waals surface area contributed by atoms with Crippen molar-refractivity contribution in [1.82, 2.24) is 0 Å². The highest BCUT2D eigenvalue weighted by Crippen LogP contribution is 2.37. The minimum atomic E-state index is -0.337. The molecule has 3 rings (SSSR count). The third-order valence-electron chi connectivity index (χ3n) is 3.45. The zero-order chi connectivity index (χ0) is 15.5. The molecule has 2 aromatic carbocycles. The van der Waals surface area contributed by atoms with Crippen molar-refractivity contribution in [2.75, 3.05) is 19.0 Å². The fraction of sp³-hybridized carbons (Fsp3) is 0.235. The number of benzene rings is 2. The smallest absolute Gasteiger partial charge is 0.338 e. The van der Waals surface area contributed by atoms with Crippen molar-refractivity contribution in [3.05, 3.63) is 47.5 Å². The fourth-order valence-corrected chi connectivity index (χ4v) is 2.31. The number of ether oxygens (including phenoxy) is 3. The van der Waals surface area contributed by atoms with Gasteiger partial charge in [0.15, 0.2) is 5.75 Å². The van der Waals surface area contributed by atoms with E-state index in [2.05, 4.69) is 5.32 Å². The van der Waals surface area contributed by atoms with Crippen LogP contribution in [0.2, 0.25) is 0 Å². The molecular formula is C17H17NO4. The summed E-state index contributed by atoms with van der Waals surface area (Å²) >= 11 is 0. The Morgan fingerprint density at radius 2 is 2.09 bits per heavy atom. The van der Waals surface area contributed by atoms with E-state index in [1.807, 2.05) is 18.2 Å². The molecule has 5 heteroatoms. The summed E-state index contributed by atoms with van der Waals surface area (Å²) < 4.78 is 16.2. The summed E-state index contributed by atoms with van der Waals surface area (Å²) in [5.41, 5.74) is 2.29. The molecule has 1 aliphatic rings. The molecule has 0 aliphatic carbocycles. The molecule has 0 saturated heterocycles. The minimum Gasteiger partial charge on any atom is -0.497 e. The zero-order valence-corrected chi connectivity index (χ0v) is 12.5. The lowest BCUT2D eigenvalue weighted by atomic mass is 10.2. The maximum atomic E-state index is 11.8. The van der Waals surface area contributed by atoms with E-state index in [0.717, 1.165) is 22.7 Å². The standard InChI is InChI=1S/C17H17NO4/c1-3-21-17(19)11-5-7-15-14(8-11)18-10-12-4-6-13(20-2)9-16(12)22-15/h4-9,18H,3,10H2,1-2H3. The molecule has 0 unspecified atom stereocenters. The summed E-state index contributed by atoms with van der Waals surface area (Å²) in [5, 5.41) is 3.28. The van der Waals surface area contributed by atoms with E-state index in [9.17, 15) is 4.79 Å². The third-order valence-corrected chi connectivity index (χ3v) is 3.45. The molecule has 0 amide bonds. The van der Waals surface area contributed by atoms with Gasteiger partial charge in [0, 0.05) is 18.2 Å². The van der Waals surface area contributed by atoms with E-state index in [1.165, 1.54) is 0 Å². The second-order valence-electron chi connectivity index (χ2n) is 4.86. The van der Waals surface area contributed by atoms with Gasteiger partial charge in [-0.2, -0.15) is 0 Å². The van der Waals surface area contributed by atoms with Crippen LogP contribution in [0, 0.1) is 0 Å². The van der Waals surface area contributed by atoms with Crippen LogP contribution in [-0.4, -0.2) is 19.7 Å². The molecule has 0 aromatic heterocycles. The number of hydrogen-bond acceptors (Lipinski definition) is 5. The normalized spacial score (nSPS) is 12.1. The van der Waals surface area contributed by atoms with E-state index >= 15 is 0 Å². The van der Waals surface area contributed by atoms with E-state index < -0.39 is 0 Å². The van der Waals surface area contributed by atoms with Crippen molar-refractivity contribution >= 4 is 11.7 Å². The number of hydrogen-bond donors (Lipinski definition) is 1. The summed E-state index contributed by atoms with van der Waals surface area (Å²) in [6.07, 6.45) is 0. The number of carbonyl (C=O) groups excluding carboxylic acids is 1. The Hall–Kier alpha value is -2.69. The van der Waals surface area contributed by atoms with Gasteiger partial charge in [-0.1, -0.05) is 0 Å². The van der Waals surface area contributed by atoms with E-state index in [0.29, 0.717) is 24.5 Å². The molecule has 0 bridgehead atoms. The summed E-state index contributed by atoms with van der Waals surface area (Å²) in [6, 6.07) is 10.9. The Balaban J connectivity index is 1.92. The molecule has 0 spiro atoms. The van der Waals surface area contributed by atoms with Gasteiger partial charge in [0.1, 0.15) is 11.5 Å². The summed E-state index contributed by atoms with van der Waals surface area (Å²) in [6.45, 7) is 2.75. The van der Waals surface area contributed by atoms with Gasteiger partial charge in [-0.3, -0.25) is 0 Å². The first-order chi connectivity index (χ1) is 10.7. The monoisotopic (exact) mass is 299 g/mol. The van der Waals surface area contributed by atoms with E-state index in [4.69, 9.17) is 14.2 Å². The maximum Gasteiger partial charge on any atom is 0.338 e. The molecule has 0 fully saturated rings. The van der Waals surface area contributed by atoms with Gasteiger partial charge < -0.3 is 19.5 Å². The van der Waals surface area contributed by atoms with Crippen LogP contribution >= 0.6 is 0 Å². The SMILES string of the molecule is CCOC(=O)c1ccc2c(c1)NCc1ccc(OC)cc1O2. The second kappa shape index (κ2) is 5.97. The summed E-state index contributed by atoms with van der Waals surface area (Å²) in [4.78, 5) is 11.8. The minimum absolute atomic E-state index is 0.337. The van der Waals surface area contributed by atoms with Gasteiger partial charge >= 0.3 is 5.97 Å². The van der Waals surface area contributed by atoms with Crippen LogP contribution in [0.1, 0.15) is 22.8 Å². The van der Waals surface area contributed by atoms with Crippen molar-refractivity contribution in [1.29, 1.82) is 0 Å². The number of methoxy groups -OCH3 is 1. The van der Waals surface area contributed by atoms with Crippen molar-refractivity contribution in [3.63, 3.8) is 0 Å². The predicted molar refractivity (Wildman–Crippen MR) is 82.8 cm³/mol. The third kappa shape index (κ3) is 2.70. The molecule has 0 radical (unpaired) electrons. The predicted octanol–water partition coefficient (Wildman–Crippen LogP) is 3.59. The summed E-state index contributed by atoms with van der Waals surface area (Å²) in [7, 11) is 1.62. The topological polar surface area (TPSA) is 56.8 Å². The average molecular weight is 299 g/mol. The number of carbonyl (C=O) groups is 1. The van der Waals surface area contributed by atoms with Crippen LogP contribution in [-0.2, 0) is 11.3 Å². The molecule has 5 nitrogen and oxygen atoms in total. The second-order valence-corrected chi connectivity index (χ2v) is 4.86. The van der Waals surface area contributed by atoms with Crippen LogP contribution in [0.15, 0.2) is 36.4 Å². The largest absolute Gasteiger partial charge is 0.497 e. The van der Waals surface area contributed by atoms with Crippen molar-refractivity contribution in [3.8, 4) is 17.2 Å². The molecule has 1 aliphatic heterocycles. The Morgan fingerprint density at radius 3 is 2.86 bits per heavy atom. The lowest BCUT2D eigenvalue weighted by molar-refractivity contribution is 0.0526. The molecule has 1 N–H and O–H groups in total. The van der Waals surface area contributed by atoms with Crippen LogP contribution in [0.25, 0.3) is 0 Å². The van der Waals surface area contributed by atoms with E-state index in [1.54, 1.807) is 32.2 Å². The van der Waals surface area contributed by atoms with Crippen LogP contribution < -0.4 is 14.8 Å². The highest BCUT2D eigenvalue weighted by Gasteiger charge is 2.17. The number of anilines is 1. The van der Waals surface area contributed by atoms with E-state index in [-0.39, 0.29) is 5.97 Å². The van der Waals surface area contributed by atoms with Crippen LogP contribution in [0.3, 0.4) is 0 Å². The molecule has 114 valence electrons. The number of esters is 1. The summed E-state index contributed by atoms with van der Waals surface area (Å²) in [5.74, 6) is 1.82. The van der Waals surface area contributed by atoms with Gasteiger partial charge in [-0.15, -0.1) is 0 Å². The molecular weight excluding hydrogens is 282 g/mol. The number of nitrogens with one attached hydrogen (secondary N) is 1. The highest BCUT2D eigenvalue weighted by atomic mass is 16.5. The first-order valence-electron chi connectivity index (χ1n) is 7.11. The quantitative estimate of drug-likeness (QED) is 0.878. The highest BCUT2D eigenvalue weighted by molar-refractivity contribution is 5.91. The average Bonchev–Trinajstić information content (AvgIpc) is 2.72. The van der Waals surface area contributed by atoms with Gasteiger partial charge in [0.2, 0.25) is 0 Å².